The standard InChI is InChI=1S/C30H43ClN6O5S/c1-21-22(2)43-30-28(21)29(24-5-7-25(31)8-6-24)35-26(20-37(30)23(3)36-33-4)19-27(38)34-10-12-40-14-16-42-18-17-41-15-13-39-11-9-32/h5-8,26H,4,9-20,32H2,1-3H3,(H,34,38)/b36-23-/t26-/m0/s1. The Kier molecular flexibility index (Phi) is 15.2. The lowest BCUT2D eigenvalue weighted by molar-refractivity contribution is -0.121. The molecule has 13 heteroatoms. The number of hydrogen-bond donors (Lipinski definition) is 2. The van der Waals surface area contributed by atoms with Gasteiger partial charge in [0.1, 0.15) is 10.8 Å². The first-order valence-electron chi connectivity index (χ1n) is 14.3. The van der Waals surface area contributed by atoms with Gasteiger partial charge in [-0.2, -0.15) is 5.10 Å². The molecule has 1 amide bonds. The molecule has 0 bridgehead atoms. The van der Waals surface area contributed by atoms with Crippen molar-refractivity contribution in [2.75, 3.05) is 77.4 Å². The molecule has 2 aromatic rings. The minimum atomic E-state index is -0.330. The van der Waals surface area contributed by atoms with Crippen LogP contribution in [-0.2, 0) is 23.7 Å². The van der Waals surface area contributed by atoms with Crippen molar-refractivity contribution in [1.29, 1.82) is 0 Å². The van der Waals surface area contributed by atoms with Crippen LogP contribution in [-0.4, -0.2) is 103 Å². The first-order chi connectivity index (χ1) is 20.8. The van der Waals surface area contributed by atoms with Crippen molar-refractivity contribution in [1.82, 2.24) is 5.32 Å². The molecule has 11 nitrogen and oxygen atoms in total. The molecule has 3 N–H and O–H groups in total. The van der Waals surface area contributed by atoms with Gasteiger partial charge in [0.25, 0.3) is 0 Å². The highest BCUT2D eigenvalue weighted by atomic mass is 35.5. The largest absolute Gasteiger partial charge is 0.378 e. The molecular formula is C30H43ClN6O5S. The van der Waals surface area contributed by atoms with Crippen LogP contribution in [0.4, 0.5) is 5.00 Å². The predicted octanol–water partition coefficient (Wildman–Crippen LogP) is 3.61. The Labute approximate surface area is 263 Å². The highest BCUT2D eigenvalue weighted by Crippen LogP contribution is 2.39. The summed E-state index contributed by atoms with van der Waals surface area (Å²) in [7, 11) is 0. The number of amidine groups is 1. The van der Waals surface area contributed by atoms with E-state index in [-0.39, 0.29) is 18.4 Å². The Bertz CT molecular complexity index is 1240. The number of carbonyl (C=O) groups excluding carboxylic acids is 1. The molecule has 236 valence electrons. The number of anilines is 1. The van der Waals surface area contributed by atoms with Crippen LogP contribution in [0.3, 0.4) is 0 Å². The van der Waals surface area contributed by atoms with Crippen molar-refractivity contribution in [2.45, 2.75) is 33.2 Å². The third kappa shape index (κ3) is 11.1. The molecule has 1 aliphatic heterocycles. The van der Waals surface area contributed by atoms with Crippen LogP contribution in [0.1, 0.15) is 34.9 Å². The molecule has 2 heterocycles. The Balaban J connectivity index is 1.54. The highest BCUT2D eigenvalue weighted by Gasteiger charge is 2.31. The van der Waals surface area contributed by atoms with E-state index in [1.807, 2.05) is 31.2 Å². The van der Waals surface area contributed by atoms with Crippen molar-refractivity contribution in [3.8, 4) is 0 Å². The van der Waals surface area contributed by atoms with Gasteiger partial charge in [0, 0.05) is 47.4 Å². The van der Waals surface area contributed by atoms with Gasteiger partial charge in [-0.1, -0.05) is 23.7 Å². The molecule has 1 atom stereocenters. The quantitative estimate of drug-likeness (QED) is 0.111. The average Bonchev–Trinajstić information content (AvgIpc) is 3.18. The maximum absolute atomic E-state index is 13.0. The average molecular weight is 635 g/mol. The van der Waals surface area contributed by atoms with Crippen LogP contribution in [0, 0.1) is 13.8 Å². The molecule has 3 rings (SSSR count). The van der Waals surface area contributed by atoms with Crippen molar-refractivity contribution in [3.63, 3.8) is 0 Å². The lowest BCUT2D eigenvalue weighted by Crippen LogP contribution is -2.38. The summed E-state index contributed by atoms with van der Waals surface area (Å²) in [6.07, 6.45) is 0.204. The second-order valence-electron chi connectivity index (χ2n) is 9.79. The van der Waals surface area contributed by atoms with E-state index in [2.05, 4.69) is 41.0 Å². The SMILES string of the molecule is C=N/N=C(/C)N1C[C@H](CC(=O)NCCOCCOCCOCCOCCN)N=C(c2ccc(Cl)cc2)c2c1sc(C)c2C. The number of thiophene rings is 1. The van der Waals surface area contributed by atoms with Gasteiger partial charge in [0.15, 0.2) is 0 Å². The second kappa shape index (κ2) is 18.8. The minimum Gasteiger partial charge on any atom is -0.378 e. The number of benzene rings is 1. The topological polar surface area (TPSA) is 132 Å². The van der Waals surface area contributed by atoms with Crippen LogP contribution in [0.5, 0.6) is 0 Å². The van der Waals surface area contributed by atoms with E-state index in [9.17, 15) is 4.79 Å². The minimum absolute atomic E-state index is 0.105. The Hall–Kier alpha value is -2.71. The van der Waals surface area contributed by atoms with Crippen LogP contribution in [0.25, 0.3) is 0 Å². The van der Waals surface area contributed by atoms with Crippen LogP contribution in [0.2, 0.25) is 5.02 Å². The molecule has 0 radical (unpaired) electrons. The van der Waals surface area contributed by atoms with Gasteiger partial charge < -0.3 is 34.9 Å². The zero-order valence-electron chi connectivity index (χ0n) is 25.3. The van der Waals surface area contributed by atoms with Crippen molar-refractivity contribution < 1.29 is 23.7 Å². The number of hydrogen-bond acceptors (Lipinski definition) is 10. The molecule has 0 saturated heterocycles. The fraction of sp³-hybridized carbons (Fsp3) is 0.533. The first-order valence-corrected chi connectivity index (χ1v) is 15.5. The molecule has 1 aliphatic rings. The summed E-state index contributed by atoms with van der Waals surface area (Å²) in [4.78, 5) is 21.4. The van der Waals surface area contributed by atoms with Gasteiger partial charge in [0.2, 0.25) is 5.91 Å². The molecule has 0 aliphatic carbocycles. The van der Waals surface area contributed by atoms with Gasteiger partial charge in [0.05, 0.1) is 71.0 Å². The summed E-state index contributed by atoms with van der Waals surface area (Å²) in [6, 6.07) is 7.30. The number of rotatable bonds is 18. The normalized spacial score (nSPS) is 15.2. The number of aliphatic imine (C=N–C) groups is 1. The Morgan fingerprint density at radius 3 is 2.28 bits per heavy atom. The molecule has 1 aromatic carbocycles. The number of carbonyl (C=O) groups is 1. The number of fused-ring (bicyclic) bond motifs is 1. The lowest BCUT2D eigenvalue weighted by atomic mass is 9.99. The second-order valence-corrected chi connectivity index (χ2v) is 11.4. The molecule has 0 saturated carbocycles. The number of amides is 1. The lowest BCUT2D eigenvalue weighted by Gasteiger charge is -2.24. The Morgan fingerprint density at radius 1 is 1.07 bits per heavy atom. The molecule has 0 fully saturated rings. The highest BCUT2D eigenvalue weighted by molar-refractivity contribution is 7.17. The third-order valence-electron chi connectivity index (χ3n) is 6.65. The summed E-state index contributed by atoms with van der Waals surface area (Å²) < 4.78 is 21.7. The fourth-order valence-electron chi connectivity index (χ4n) is 4.43. The van der Waals surface area contributed by atoms with Crippen molar-refractivity contribution in [3.05, 3.63) is 50.9 Å². The van der Waals surface area contributed by atoms with Crippen LogP contribution in [0.15, 0.2) is 39.5 Å². The third-order valence-corrected chi connectivity index (χ3v) is 8.13. The summed E-state index contributed by atoms with van der Waals surface area (Å²) in [5.41, 5.74) is 9.31. The number of nitrogens with one attached hydrogen (secondary N) is 1. The molecule has 0 spiro atoms. The van der Waals surface area contributed by atoms with Gasteiger partial charge >= 0.3 is 0 Å². The van der Waals surface area contributed by atoms with E-state index in [4.69, 9.17) is 41.3 Å². The molecule has 0 unspecified atom stereocenters. The Morgan fingerprint density at radius 2 is 1.67 bits per heavy atom. The van der Waals surface area contributed by atoms with Gasteiger partial charge in [-0.15, -0.1) is 16.4 Å². The van der Waals surface area contributed by atoms with Gasteiger partial charge in [-0.25, -0.2) is 0 Å². The zero-order valence-corrected chi connectivity index (χ0v) is 26.8. The van der Waals surface area contributed by atoms with E-state index in [0.717, 1.165) is 27.4 Å². The molecule has 43 heavy (non-hydrogen) atoms. The van der Waals surface area contributed by atoms with E-state index in [1.165, 1.54) is 4.88 Å². The van der Waals surface area contributed by atoms with Crippen LogP contribution >= 0.6 is 22.9 Å². The number of ether oxygens (including phenoxy) is 4. The molecule has 1 aromatic heterocycles. The first kappa shape index (κ1) is 34.8. The number of aryl methyl sites for hydroxylation is 1. The number of nitrogens with two attached hydrogens (primary N) is 1. The maximum Gasteiger partial charge on any atom is 0.222 e. The fourth-order valence-corrected chi connectivity index (χ4v) is 5.77. The van der Waals surface area contributed by atoms with Gasteiger partial charge in [-0.05, 0) is 38.5 Å². The predicted molar refractivity (Wildman–Crippen MR) is 175 cm³/mol. The summed E-state index contributed by atoms with van der Waals surface area (Å²) in [5, 5.41) is 12.6. The summed E-state index contributed by atoms with van der Waals surface area (Å²) >= 11 is 7.87. The van der Waals surface area contributed by atoms with Crippen LogP contribution < -0.4 is 16.0 Å². The number of halogens is 1. The van der Waals surface area contributed by atoms with Crippen molar-refractivity contribution in [2.24, 2.45) is 20.9 Å². The summed E-state index contributed by atoms with van der Waals surface area (Å²) in [6.45, 7) is 14.8. The van der Waals surface area contributed by atoms with E-state index in [1.54, 1.807) is 11.3 Å². The zero-order chi connectivity index (χ0) is 31.0. The van der Waals surface area contributed by atoms with E-state index < -0.39 is 0 Å². The maximum atomic E-state index is 13.0. The van der Waals surface area contributed by atoms with E-state index >= 15 is 0 Å². The summed E-state index contributed by atoms with van der Waals surface area (Å²) in [5.74, 6) is 0.584. The van der Waals surface area contributed by atoms with E-state index in [0.29, 0.717) is 83.3 Å². The smallest absolute Gasteiger partial charge is 0.222 e. The molecular weight excluding hydrogens is 592 g/mol. The number of nitrogens with zero attached hydrogens (tertiary/aromatic N) is 4. The monoisotopic (exact) mass is 634 g/mol. The van der Waals surface area contributed by atoms with Gasteiger partial charge in [-0.3, -0.25) is 9.79 Å². The van der Waals surface area contributed by atoms with Crippen molar-refractivity contribution >= 4 is 52.1 Å².